The largest absolute Gasteiger partial charge is 0.494 e. The van der Waals surface area contributed by atoms with Crippen molar-refractivity contribution < 1.29 is 23.8 Å². The Morgan fingerprint density at radius 2 is 2.00 bits per heavy atom. The molecular weight excluding hydrogens is 301 g/mol. The molecule has 6 heteroatoms. The van der Waals surface area contributed by atoms with Crippen molar-refractivity contribution in [1.29, 1.82) is 0 Å². The summed E-state index contributed by atoms with van der Waals surface area (Å²) < 4.78 is 18.9. The molecule has 5 nitrogen and oxygen atoms in total. The minimum absolute atomic E-state index is 0.0408. The maximum Gasteiger partial charge on any atom is 0.329 e. The van der Waals surface area contributed by atoms with Crippen molar-refractivity contribution in [1.82, 2.24) is 5.32 Å². The molecule has 0 atom stereocenters. The van der Waals surface area contributed by atoms with E-state index >= 15 is 0 Å². The average molecular weight is 323 g/mol. The van der Waals surface area contributed by atoms with Crippen LogP contribution in [0.15, 0.2) is 18.2 Å². The zero-order valence-corrected chi connectivity index (χ0v) is 13.2. The maximum atomic E-state index is 14.0. The van der Waals surface area contributed by atoms with E-state index in [2.05, 4.69) is 5.32 Å². The summed E-state index contributed by atoms with van der Waals surface area (Å²) in [5.41, 5.74) is -0.782. The molecule has 23 heavy (non-hydrogen) atoms. The molecule has 1 aromatic carbocycles. The van der Waals surface area contributed by atoms with Crippen LogP contribution in [-0.4, -0.2) is 29.6 Å². The Morgan fingerprint density at radius 3 is 2.61 bits per heavy atom. The van der Waals surface area contributed by atoms with Crippen LogP contribution in [0.1, 0.15) is 44.1 Å². The lowest BCUT2D eigenvalue weighted by molar-refractivity contribution is -0.149. The average Bonchev–Trinajstić information content (AvgIpc) is 2.54. The van der Waals surface area contributed by atoms with Crippen LogP contribution >= 0.6 is 0 Å². The first kappa shape index (κ1) is 17.2. The number of amides is 1. The number of ether oxygens (including phenoxy) is 1. The topological polar surface area (TPSA) is 75.6 Å². The summed E-state index contributed by atoms with van der Waals surface area (Å²) in [6.45, 7) is 0. The third-order valence-electron chi connectivity index (χ3n) is 4.38. The van der Waals surface area contributed by atoms with E-state index in [4.69, 9.17) is 4.74 Å². The third-order valence-corrected chi connectivity index (χ3v) is 4.38. The van der Waals surface area contributed by atoms with Gasteiger partial charge in [-0.3, -0.25) is 4.79 Å². The van der Waals surface area contributed by atoms with Crippen molar-refractivity contribution in [3.8, 4) is 5.75 Å². The van der Waals surface area contributed by atoms with Crippen LogP contribution in [0, 0.1) is 5.82 Å². The predicted molar refractivity (Wildman–Crippen MR) is 82.9 cm³/mol. The van der Waals surface area contributed by atoms with Gasteiger partial charge in [0.1, 0.15) is 5.54 Å². The first-order chi connectivity index (χ1) is 11.0. The fraction of sp³-hybridized carbons (Fsp3) is 0.529. The second kappa shape index (κ2) is 7.44. The van der Waals surface area contributed by atoms with Gasteiger partial charge in [0.2, 0.25) is 5.91 Å². The Kier molecular flexibility index (Phi) is 5.58. The summed E-state index contributed by atoms with van der Waals surface area (Å²) in [5.74, 6) is -1.69. The molecule has 2 N–H and O–H groups in total. The normalized spacial score (nSPS) is 16.6. The number of benzene rings is 1. The van der Waals surface area contributed by atoms with Crippen molar-refractivity contribution in [2.24, 2.45) is 0 Å². The SMILES string of the molecule is COc1cccc(CCC(=O)NC2(C(=O)O)CCCCC2)c1F. The third kappa shape index (κ3) is 4.00. The van der Waals surface area contributed by atoms with Gasteiger partial charge >= 0.3 is 5.97 Å². The van der Waals surface area contributed by atoms with Crippen molar-refractivity contribution in [2.75, 3.05) is 7.11 Å². The Bertz CT molecular complexity index is 582. The summed E-state index contributed by atoms with van der Waals surface area (Å²) in [6, 6.07) is 4.77. The maximum absolute atomic E-state index is 14.0. The first-order valence-corrected chi connectivity index (χ1v) is 7.84. The van der Waals surface area contributed by atoms with Gasteiger partial charge in [-0.1, -0.05) is 31.4 Å². The smallest absolute Gasteiger partial charge is 0.329 e. The molecule has 0 saturated heterocycles. The zero-order valence-electron chi connectivity index (χ0n) is 13.2. The molecule has 126 valence electrons. The predicted octanol–water partition coefficient (Wildman–Crippen LogP) is 2.67. The molecule has 1 aliphatic carbocycles. The van der Waals surface area contributed by atoms with Gasteiger partial charge < -0.3 is 15.2 Å². The molecule has 1 aromatic rings. The summed E-state index contributed by atoms with van der Waals surface area (Å²) in [4.78, 5) is 23.7. The van der Waals surface area contributed by atoms with Crippen LogP contribution in [0.4, 0.5) is 4.39 Å². The number of hydrogen-bond donors (Lipinski definition) is 2. The molecule has 1 saturated carbocycles. The van der Waals surface area contributed by atoms with Crippen LogP contribution in [0.5, 0.6) is 5.75 Å². The van der Waals surface area contributed by atoms with Crippen LogP contribution < -0.4 is 10.1 Å². The number of aliphatic carboxylic acids is 1. The van der Waals surface area contributed by atoms with Gasteiger partial charge in [-0.2, -0.15) is 0 Å². The second-order valence-electron chi connectivity index (χ2n) is 5.93. The van der Waals surface area contributed by atoms with Crippen molar-refractivity contribution in [2.45, 2.75) is 50.5 Å². The molecule has 0 spiro atoms. The number of hydrogen-bond acceptors (Lipinski definition) is 3. The van der Waals surface area contributed by atoms with E-state index in [1.165, 1.54) is 13.2 Å². The Morgan fingerprint density at radius 1 is 1.30 bits per heavy atom. The molecule has 1 aliphatic rings. The number of carboxylic acids is 1. The molecule has 0 heterocycles. The Hall–Kier alpha value is -2.11. The van der Waals surface area contributed by atoms with Crippen molar-refractivity contribution in [3.05, 3.63) is 29.6 Å². The first-order valence-electron chi connectivity index (χ1n) is 7.84. The van der Waals surface area contributed by atoms with E-state index < -0.39 is 17.3 Å². The number of aryl methyl sites for hydroxylation is 1. The number of carbonyl (C=O) groups is 2. The lowest BCUT2D eigenvalue weighted by Gasteiger charge is -2.34. The van der Waals surface area contributed by atoms with Gasteiger partial charge in [0.15, 0.2) is 11.6 Å². The van der Waals surface area contributed by atoms with Crippen LogP contribution in [0.2, 0.25) is 0 Å². The lowest BCUT2D eigenvalue weighted by Crippen LogP contribution is -2.55. The van der Waals surface area contributed by atoms with E-state index in [1.807, 2.05) is 0 Å². The Labute approximate surface area is 134 Å². The van der Waals surface area contributed by atoms with Gasteiger partial charge in [-0.05, 0) is 30.9 Å². The molecule has 2 rings (SSSR count). The number of halogens is 1. The van der Waals surface area contributed by atoms with E-state index in [-0.39, 0.29) is 24.5 Å². The summed E-state index contributed by atoms with van der Waals surface area (Å²) in [5, 5.41) is 12.1. The fourth-order valence-corrected chi connectivity index (χ4v) is 3.03. The zero-order chi connectivity index (χ0) is 16.9. The van der Waals surface area contributed by atoms with E-state index in [0.29, 0.717) is 18.4 Å². The van der Waals surface area contributed by atoms with Gasteiger partial charge in [-0.25, -0.2) is 9.18 Å². The highest BCUT2D eigenvalue weighted by atomic mass is 19.1. The van der Waals surface area contributed by atoms with E-state index in [0.717, 1.165) is 19.3 Å². The van der Waals surface area contributed by atoms with Crippen LogP contribution in [0.25, 0.3) is 0 Å². The molecular formula is C17H22FNO4. The number of carboxylic acid groups (broad SMARTS) is 1. The van der Waals surface area contributed by atoms with E-state index in [9.17, 15) is 19.1 Å². The molecule has 0 unspecified atom stereocenters. The number of nitrogens with one attached hydrogen (secondary N) is 1. The fourth-order valence-electron chi connectivity index (χ4n) is 3.03. The van der Waals surface area contributed by atoms with E-state index in [1.54, 1.807) is 12.1 Å². The standard InChI is InChI=1S/C17H22FNO4/c1-23-13-7-5-6-12(15(13)18)8-9-14(20)19-17(16(21)22)10-3-2-4-11-17/h5-7H,2-4,8-11H2,1H3,(H,19,20)(H,21,22). The second-order valence-corrected chi connectivity index (χ2v) is 5.93. The highest BCUT2D eigenvalue weighted by Gasteiger charge is 2.40. The number of methoxy groups -OCH3 is 1. The van der Waals surface area contributed by atoms with Gasteiger partial charge in [-0.15, -0.1) is 0 Å². The molecule has 0 aliphatic heterocycles. The Balaban J connectivity index is 1.98. The van der Waals surface area contributed by atoms with Crippen molar-refractivity contribution >= 4 is 11.9 Å². The van der Waals surface area contributed by atoms with Gasteiger partial charge in [0, 0.05) is 6.42 Å². The molecule has 0 bridgehead atoms. The molecule has 0 aromatic heterocycles. The molecule has 0 radical (unpaired) electrons. The van der Waals surface area contributed by atoms with Crippen LogP contribution in [-0.2, 0) is 16.0 Å². The summed E-state index contributed by atoms with van der Waals surface area (Å²) in [7, 11) is 1.38. The summed E-state index contributed by atoms with van der Waals surface area (Å²) >= 11 is 0. The minimum Gasteiger partial charge on any atom is -0.494 e. The number of rotatable bonds is 6. The number of carbonyl (C=O) groups excluding carboxylic acids is 1. The van der Waals surface area contributed by atoms with Crippen LogP contribution in [0.3, 0.4) is 0 Å². The highest BCUT2D eigenvalue weighted by molar-refractivity contribution is 5.87. The van der Waals surface area contributed by atoms with Gasteiger partial charge in [0.25, 0.3) is 0 Å². The molecule has 1 fully saturated rings. The summed E-state index contributed by atoms with van der Waals surface area (Å²) in [6.07, 6.45) is 3.70. The van der Waals surface area contributed by atoms with Gasteiger partial charge in [0.05, 0.1) is 7.11 Å². The lowest BCUT2D eigenvalue weighted by atomic mass is 9.81. The van der Waals surface area contributed by atoms with Crippen molar-refractivity contribution in [3.63, 3.8) is 0 Å². The minimum atomic E-state index is -1.16. The quantitative estimate of drug-likeness (QED) is 0.844. The molecule has 1 amide bonds. The monoisotopic (exact) mass is 323 g/mol. The highest BCUT2D eigenvalue weighted by Crippen LogP contribution is 2.29.